The molecule has 0 saturated heterocycles. The van der Waals surface area contributed by atoms with E-state index in [1.165, 1.54) is 0 Å². The summed E-state index contributed by atoms with van der Waals surface area (Å²) < 4.78 is 33.4. The van der Waals surface area contributed by atoms with Crippen molar-refractivity contribution in [1.29, 1.82) is 0 Å². The molecule has 0 aliphatic rings. The topological polar surface area (TPSA) is 74.2 Å². The third kappa shape index (κ3) is 4.66. The van der Waals surface area contributed by atoms with Gasteiger partial charge in [-0.3, -0.25) is 0 Å². The molecule has 5 nitrogen and oxygen atoms in total. The highest BCUT2D eigenvalue weighted by Crippen LogP contribution is 2.21. The van der Waals surface area contributed by atoms with Gasteiger partial charge in [-0.25, -0.2) is 8.78 Å². The molecule has 1 aromatic rings. The zero-order valence-electron chi connectivity index (χ0n) is 10.7. The van der Waals surface area contributed by atoms with Crippen molar-refractivity contribution in [2.45, 2.75) is 45.1 Å². The average Bonchev–Trinajstić information content (AvgIpc) is 2.73. The summed E-state index contributed by atoms with van der Waals surface area (Å²) in [7, 11) is 0. The van der Waals surface area contributed by atoms with Crippen molar-refractivity contribution >= 4 is 0 Å². The number of hydrogen-bond donors (Lipinski definition) is 1. The molecule has 2 N–H and O–H groups in total. The molecule has 1 rings (SSSR count). The normalized spacial score (nSPS) is 15.0. The molecular weight excluding hydrogens is 244 g/mol. The van der Waals surface area contributed by atoms with E-state index in [-0.39, 0.29) is 6.61 Å². The van der Waals surface area contributed by atoms with E-state index in [4.69, 9.17) is 15.0 Å². The van der Waals surface area contributed by atoms with Crippen LogP contribution in [0.25, 0.3) is 0 Å². The molecule has 7 heteroatoms. The van der Waals surface area contributed by atoms with Crippen molar-refractivity contribution in [3.63, 3.8) is 0 Å². The molecule has 104 valence electrons. The minimum atomic E-state index is -2.46. The average molecular weight is 263 g/mol. The third-order valence-electron chi connectivity index (χ3n) is 2.44. The van der Waals surface area contributed by atoms with Gasteiger partial charge in [0.1, 0.15) is 6.61 Å². The summed E-state index contributed by atoms with van der Waals surface area (Å²) in [4.78, 5) is 4.15. The number of alkyl halides is 2. The van der Waals surface area contributed by atoms with Crippen LogP contribution < -0.4 is 5.73 Å². The lowest BCUT2D eigenvalue weighted by Gasteiger charge is -2.18. The number of rotatable bonds is 8. The van der Waals surface area contributed by atoms with Gasteiger partial charge in [0.05, 0.1) is 12.1 Å². The molecule has 1 atom stereocenters. The summed E-state index contributed by atoms with van der Waals surface area (Å²) in [5.74, 6) is 0.792. The smallest absolute Gasteiger partial charge is 0.261 e. The molecule has 0 aliphatic heterocycles. The quantitative estimate of drug-likeness (QED) is 0.725. The van der Waals surface area contributed by atoms with Crippen molar-refractivity contribution in [3.8, 4) is 0 Å². The summed E-state index contributed by atoms with van der Waals surface area (Å²) in [5.41, 5.74) is 5.38. The highest BCUT2D eigenvalue weighted by molar-refractivity contribution is 4.99. The van der Waals surface area contributed by atoms with E-state index in [2.05, 4.69) is 10.1 Å². The lowest BCUT2D eigenvalue weighted by Crippen LogP contribution is -2.33. The van der Waals surface area contributed by atoms with Crippen LogP contribution in [0.15, 0.2) is 4.52 Å². The Balaban J connectivity index is 2.43. The van der Waals surface area contributed by atoms with Crippen molar-refractivity contribution < 1.29 is 18.0 Å². The largest absolute Gasteiger partial charge is 0.375 e. The molecule has 0 amide bonds. The molecule has 0 spiro atoms. The Labute approximate surface area is 105 Å². The summed E-state index contributed by atoms with van der Waals surface area (Å²) in [6, 6.07) is 0. The number of aromatic nitrogens is 2. The molecule has 0 aliphatic carbocycles. The van der Waals surface area contributed by atoms with Crippen LogP contribution in [-0.4, -0.2) is 29.8 Å². The minimum Gasteiger partial charge on any atom is -0.375 e. The second kappa shape index (κ2) is 6.75. The second-order valence-corrected chi connectivity index (χ2v) is 4.40. The molecule has 0 fully saturated rings. The lowest BCUT2D eigenvalue weighted by atomic mass is 9.98. The molecule has 1 unspecified atom stereocenters. The minimum absolute atomic E-state index is 0.137. The van der Waals surface area contributed by atoms with Gasteiger partial charge in [-0.1, -0.05) is 18.5 Å². The van der Waals surface area contributed by atoms with Gasteiger partial charge >= 0.3 is 0 Å². The summed E-state index contributed by atoms with van der Waals surface area (Å²) in [6.07, 6.45) is -0.486. The zero-order chi connectivity index (χ0) is 13.6. The Hall–Kier alpha value is -1.08. The van der Waals surface area contributed by atoms with Gasteiger partial charge in [-0.05, 0) is 13.3 Å². The molecule has 18 heavy (non-hydrogen) atoms. The van der Waals surface area contributed by atoms with Crippen LogP contribution in [0, 0.1) is 0 Å². The van der Waals surface area contributed by atoms with Crippen LogP contribution in [0.3, 0.4) is 0 Å². The Morgan fingerprint density at radius 1 is 1.50 bits per heavy atom. The van der Waals surface area contributed by atoms with E-state index in [1.807, 2.05) is 13.8 Å². The first-order valence-corrected chi connectivity index (χ1v) is 5.93. The number of ether oxygens (including phenoxy) is 1. The first kappa shape index (κ1) is 15.0. The number of hydrogen-bond acceptors (Lipinski definition) is 5. The van der Waals surface area contributed by atoms with Crippen LogP contribution >= 0.6 is 0 Å². The van der Waals surface area contributed by atoms with Gasteiger partial charge in [0, 0.05) is 6.42 Å². The lowest BCUT2D eigenvalue weighted by molar-refractivity contribution is 0.0182. The molecular formula is C11H19F2N3O2. The summed E-state index contributed by atoms with van der Waals surface area (Å²) in [5, 5.41) is 3.75. The van der Waals surface area contributed by atoms with Gasteiger partial charge in [0.25, 0.3) is 6.43 Å². The van der Waals surface area contributed by atoms with Crippen LogP contribution in [0.2, 0.25) is 0 Å². The molecule has 0 bridgehead atoms. The predicted molar refractivity (Wildman–Crippen MR) is 61.3 cm³/mol. The van der Waals surface area contributed by atoms with Crippen LogP contribution in [0.1, 0.15) is 38.4 Å². The zero-order valence-corrected chi connectivity index (χ0v) is 10.7. The van der Waals surface area contributed by atoms with Gasteiger partial charge in [-0.15, -0.1) is 0 Å². The molecule has 0 saturated carbocycles. The second-order valence-electron chi connectivity index (χ2n) is 4.40. The summed E-state index contributed by atoms with van der Waals surface area (Å²) >= 11 is 0. The number of nitrogens with two attached hydrogens (primary N) is 1. The van der Waals surface area contributed by atoms with E-state index in [0.29, 0.717) is 18.1 Å². The highest BCUT2D eigenvalue weighted by Gasteiger charge is 2.27. The standard InChI is InChI=1S/C11H19F2N3O2/c1-3-5-11(2,14)10-15-9(16-18-10)4-6-17-7-8(12)13/h8H,3-7,14H2,1-2H3. The van der Waals surface area contributed by atoms with Crippen molar-refractivity contribution in [3.05, 3.63) is 11.7 Å². The molecule has 0 radical (unpaired) electrons. The Bertz CT molecular complexity index is 356. The third-order valence-corrected chi connectivity index (χ3v) is 2.44. The monoisotopic (exact) mass is 263 g/mol. The fourth-order valence-electron chi connectivity index (χ4n) is 1.55. The molecule has 1 heterocycles. The SMILES string of the molecule is CCCC(C)(N)c1nc(CCOCC(F)F)no1. The fourth-order valence-corrected chi connectivity index (χ4v) is 1.55. The first-order chi connectivity index (χ1) is 8.45. The first-order valence-electron chi connectivity index (χ1n) is 5.93. The van der Waals surface area contributed by atoms with E-state index >= 15 is 0 Å². The maximum Gasteiger partial charge on any atom is 0.261 e. The van der Waals surface area contributed by atoms with Gasteiger partial charge in [0.15, 0.2) is 5.82 Å². The Kier molecular flexibility index (Phi) is 5.61. The van der Waals surface area contributed by atoms with Crippen LogP contribution in [-0.2, 0) is 16.7 Å². The van der Waals surface area contributed by atoms with Gasteiger partial charge in [-0.2, -0.15) is 4.98 Å². The van der Waals surface area contributed by atoms with Crippen LogP contribution in [0.4, 0.5) is 8.78 Å². The molecule has 1 aromatic heterocycles. The number of nitrogens with zero attached hydrogens (tertiary/aromatic N) is 2. The maximum atomic E-state index is 11.8. The fraction of sp³-hybridized carbons (Fsp3) is 0.818. The van der Waals surface area contributed by atoms with E-state index in [1.54, 1.807) is 0 Å². The van der Waals surface area contributed by atoms with Gasteiger partial charge < -0.3 is 15.0 Å². The van der Waals surface area contributed by atoms with Crippen molar-refractivity contribution in [1.82, 2.24) is 10.1 Å². The van der Waals surface area contributed by atoms with Crippen molar-refractivity contribution in [2.24, 2.45) is 5.73 Å². The Morgan fingerprint density at radius 3 is 2.83 bits per heavy atom. The highest BCUT2D eigenvalue weighted by atomic mass is 19.3. The van der Waals surface area contributed by atoms with E-state index in [0.717, 1.165) is 12.8 Å². The van der Waals surface area contributed by atoms with E-state index < -0.39 is 18.6 Å². The predicted octanol–water partition coefficient (Wildman–Crippen LogP) is 1.87. The number of halogens is 2. The van der Waals surface area contributed by atoms with Crippen LogP contribution in [0.5, 0.6) is 0 Å². The van der Waals surface area contributed by atoms with E-state index in [9.17, 15) is 8.78 Å². The molecule has 0 aromatic carbocycles. The summed E-state index contributed by atoms with van der Waals surface area (Å²) in [6.45, 7) is 3.40. The van der Waals surface area contributed by atoms with Gasteiger partial charge in [0.2, 0.25) is 5.89 Å². The Morgan fingerprint density at radius 2 is 2.22 bits per heavy atom. The maximum absolute atomic E-state index is 11.8. The van der Waals surface area contributed by atoms with Crippen molar-refractivity contribution in [2.75, 3.05) is 13.2 Å².